The molecule has 84 valence electrons. The molecule has 2 aromatic heterocycles. The van der Waals surface area contributed by atoms with Crippen LogP contribution in [0.5, 0.6) is 0 Å². The molecule has 0 radical (unpaired) electrons. The van der Waals surface area contributed by atoms with Gasteiger partial charge in [0.05, 0.1) is 6.04 Å². The topological polar surface area (TPSA) is 72.4 Å². The Bertz CT molecular complexity index is 532. The normalized spacial score (nSPS) is 25.3. The molecule has 3 rings (SSSR count). The number of carbonyl (C=O) groups is 1. The van der Waals surface area contributed by atoms with Gasteiger partial charge in [-0.2, -0.15) is 0 Å². The maximum Gasteiger partial charge on any atom is 0.201 e. The second-order valence-electron chi connectivity index (χ2n) is 4.03. The van der Waals surface area contributed by atoms with Gasteiger partial charge in [0.15, 0.2) is 0 Å². The highest BCUT2D eigenvalue weighted by atomic mass is 32.1. The second kappa shape index (κ2) is 3.65. The lowest BCUT2D eigenvalue weighted by Crippen LogP contribution is -2.31. The molecule has 0 saturated carbocycles. The van der Waals surface area contributed by atoms with E-state index in [2.05, 4.69) is 10.3 Å². The van der Waals surface area contributed by atoms with Gasteiger partial charge in [0.2, 0.25) is 5.78 Å². The van der Waals surface area contributed by atoms with Crippen molar-refractivity contribution in [3.63, 3.8) is 0 Å². The van der Waals surface area contributed by atoms with Crippen LogP contribution < -0.4 is 11.1 Å². The lowest BCUT2D eigenvalue weighted by Gasteiger charge is -2.05. The number of fused-ring (bicyclic) bond motifs is 1. The summed E-state index contributed by atoms with van der Waals surface area (Å²) in [5, 5.41) is 5.08. The maximum absolute atomic E-state index is 12.2. The van der Waals surface area contributed by atoms with E-state index in [1.165, 1.54) is 11.3 Å². The third-order valence-corrected chi connectivity index (χ3v) is 3.75. The number of nitrogens with two attached hydrogens (primary N) is 1. The molecule has 2 atom stereocenters. The molecule has 0 aliphatic carbocycles. The Morgan fingerprint density at radius 2 is 2.56 bits per heavy atom. The van der Waals surface area contributed by atoms with Crippen molar-refractivity contribution in [3.8, 4) is 0 Å². The summed E-state index contributed by atoms with van der Waals surface area (Å²) in [6, 6.07) is -0.0915. The van der Waals surface area contributed by atoms with Gasteiger partial charge in [0.25, 0.3) is 0 Å². The Hall–Kier alpha value is -1.24. The van der Waals surface area contributed by atoms with Crippen LogP contribution in [0.2, 0.25) is 0 Å². The maximum atomic E-state index is 12.2. The van der Waals surface area contributed by atoms with Crippen molar-refractivity contribution in [3.05, 3.63) is 23.6 Å². The van der Waals surface area contributed by atoms with Crippen molar-refractivity contribution in [1.82, 2.24) is 14.7 Å². The molecule has 3 N–H and O–H groups in total. The molecule has 0 bridgehead atoms. The number of hydrogen-bond donors (Lipinski definition) is 2. The summed E-state index contributed by atoms with van der Waals surface area (Å²) in [5.74, 6) is 0.0536. The molecule has 0 aromatic carbocycles. The summed E-state index contributed by atoms with van der Waals surface area (Å²) in [5.41, 5.74) is 6.33. The van der Waals surface area contributed by atoms with Crippen LogP contribution in [-0.4, -0.2) is 33.8 Å². The molecular formula is C10H12N4OS. The minimum absolute atomic E-state index is 0.0536. The van der Waals surface area contributed by atoms with E-state index >= 15 is 0 Å². The van der Waals surface area contributed by atoms with Gasteiger partial charge < -0.3 is 11.1 Å². The zero-order valence-corrected chi connectivity index (χ0v) is 9.41. The van der Waals surface area contributed by atoms with Crippen LogP contribution in [0.3, 0.4) is 0 Å². The summed E-state index contributed by atoms with van der Waals surface area (Å²) in [6.07, 6.45) is 4.27. The molecule has 0 amide bonds. The van der Waals surface area contributed by atoms with Crippen molar-refractivity contribution < 1.29 is 4.79 Å². The van der Waals surface area contributed by atoms with Crippen LogP contribution in [0.25, 0.3) is 4.83 Å². The van der Waals surface area contributed by atoms with E-state index in [1.807, 2.05) is 16.0 Å². The Balaban J connectivity index is 1.93. The standard InChI is InChI=1S/C10H12N4OS/c11-6-3-7(12-4-6)9(15)8-10-14(5-13-8)1-2-16-10/h1-2,5-7,12H,3-4,11H2/t6-,7-/m0/s1. The molecular weight excluding hydrogens is 224 g/mol. The molecule has 16 heavy (non-hydrogen) atoms. The monoisotopic (exact) mass is 236 g/mol. The highest BCUT2D eigenvalue weighted by molar-refractivity contribution is 7.15. The number of hydrogen-bond acceptors (Lipinski definition) is 5. The van der Waals surface area contributed by atoms with E-state index in [9.17, 15) is 4.79 Å². The van der Waals surface area contributed by atoms with E-state index in [0.29, 0.717) is 18.7 Å². The SMILES string of the molecule is N[C@@H]1CN[C@H](C(=O)c2ncn3ccsc23)C1. The zero-order chi connectivity index (χ0) is 11.1. The average molecular weight is 236 g/mol. The second-order valence-corrected chi connectivity index (χ2v) is 4.92. The van der Waals surface area contributed by atoms with Crippen molar-refractivity contribution in [2.45, 2.75) is 18.5 Å². The predicted octanol–water partition coefficient (Wildman–Crippen LogP) is 0.268. The first-order chi connectivity index (χ1) is 7.75. The van der Waals surface area contributed by atoms with Gasteiger partial charge in [-0.05, 0) is 6.42 Å². The van der Waals surface area contributed by atoms with Crippen molar-refractivity contribution in [1.29, 1.82) is 0 Å². The number of ketones is 1. The number of nitrogens with one attached hydrogen (secondary N) is 1. The number of imidazole rings is 1. The fourth-order valence-electron chi connectivity index (χ4n) is 2.03. The van der Waals surface area contributed by atoms with E-state index in [4.69, 9.17) is 5.73 Å². The van der Waals surface area contributed by atoms with Crippen LogP contribution in [0.4, 0.5) is 0 Å². The lowest BCUT2D eigenvalue weighted by atomic mass is 10.1. The minimum atomic E-state index is -0.171. The average Bonchev–Trinajstić information content (AvgIpc) is 2.90. The van der Waals surface area contributed by atoms with E-state index in [1.54, 1.807) is 6.33 Å². The molecule has 1 saturated heterocycles. The highest BCUT2D eigenvalue weighted by Crippen LogP contribution is 2.19. The largest absolute Gasteiger partial charge is 0.326 e. The quantitative estimate of drug-likeness (QED) is 0.734. The van der Waals surface area contributed by atoms with Crippen LogP contribution in [0.1, 0.15) is 16.9 Å². The fraction of sp³-hybridized carbons (Fsp3) is 0.400. The molecule has 2 aromatic rings. The first-order valence-electron chi connectivity index (χ1n) is 5.19. The number of carbonyl (C=O) groups excluding carboxylic acids is 1. The Kier molecular flexibility index (Phi) is 2.27. The number of nitrogens with zero attached hydrogens (tertiary/aromatic N) is 2. The molecule has 0 spiro atoms. The van der Waals surface area contributed by atoms with Crippen LogP contribution in [-0.2, 0) is 0 Å². The molecule has 1 fully saturated rings. The smallest absolute Gasteiger partial charge is 0.201 e. The Morgan fingerprint density at radius 1 is 1.69 bits per heavy atom. The van der Waals surface area contributed by atoms with Crippen molar-refractivity contribution in [2.24, 2.45) is 5.73 Å². The van der Waals surface area contributed by atoms with Crippen LogP contribution >= 0.6 is 11.3 Å². The molecule has 6 heteroatoms. The summed E-state index contributed by atoms with van der Waals surface area (Å²) in [7, 11) is 0. The van der Waals surface area contributed by atoms with Crippen molar-refractivity contribution >= 4 is 22.0 Å². The van der Waals surface area contributed by atoms with Gasteiger partial charge in [-0.1, -0.05) is 0 Å². The first-order valence-corrected chi connectivity index (χ1v) is 6.07. The molecule has 1 aliphatic heterocycles. The minimum Gasteiger partial charge on any atom is -0.326 e. The zero-order valence-electron chi connectivity index (χ0n) is 8.59. The van der Waals surface area contributed by atoms with Gasteiger partial charge in [0.1, 0.15) is 16.9 Å². The number of Topliss-reactive ketones (excluding diaryl/α,β-unsaturated/α-hetero) is 1. The number of aromatic nitrogens is 2. The number of rotatable bonds is 2. The summed E-state index contributed by atoms with van der Waals surface area (Å²) >= 11 is 1.53. The summed E-state index contributed by atoms with van der Waals surface area (Å²) < 4.78 is 1.87. The van der Waals surface area contributed by atoms with Gasteiger partial charge in [-0.25, -0.2) is 4.98 Å². The van der Waals surface area contributed by atoms with E-state index < -0.39 is 0 Å². The lowest BCUT2D eigenvalue weighted by molar-refractivity contribution is 0.0949. The van der Waals surface area contributed by atoms with Crippen LogP contribution in [0, 0.1) is 0 Å². The summed E-state index contributed by atoms with van der Waals surface area (Å²) in [4.78, 5) is 17.3. The molecule has 3 heterocycles. The third kappa shape index (κ3) is 1.46. The molecule has 0 unspecified atom stereocenters. The first kappa shape index (κ1) is 9.95. The Labute approximate surface area is 96.3 Å². The van der Waals surface area contributed by atoms with E-state index in [0.717, 1.165) is 4.83 Å². The summed E-state index contributed by atoms with van der Waals surface area (Å²) in [6.45, 7) is 0.706. The van der Waals surface area contributed by atoms with Crippen molar-refractivity contribution in [2.75, 3.05) is 6.54 Å². The van der Waals surface area contributed by atoms with Gasteiger partial charge >= 0.3 is 0 Å². The fourth-order valence-corrected chi connectivity index (χ4v) is 2.85. The third-order valence-electron chi connectivity index (χ3n) is 2.86. The predicted molar refractivity (Wildman–Crippen MR) is 61.8 cm³/mol. The highest BCUT2D eigenvalue weighted by Gasteiger charge is 2.30. The van der Waals surface area contributed by atoms with E-state index in [-0.39, 0.29) is 17.9 Å². The number of thiazole rings is 1. The van der Waals surface area contributed by atoms with Crippen LogP contribution in [0.15, 0.2) is 17.9 Å². The van der Waals surface area contributed by atoms with Gasteiger partial charge in [-0.3, -0.25) is 9.20 Å². The van der Waals surface area contributed by atoms with Gasteiger partial charge in [0, 0.05) is 24.2 Å². The van der Waals surface area contributed by atoms with Gasteiger partial charge in [-0.15, -0.1) is 11.3 Å². The Morgan fingerprint density at radius 3 is 3.31 bits per heavy atom. The molecule has 5 nitrogen and oxygen atoms in total. The molecule has 1 aliphatic rings.